The second-order valence-corrected chi connectivity index (χ2v) is 5.34. The second-order valence-electron chi connectivity index (χ2n) is 5.34. The van der Waals surface area contributed by atoms with Crippen molar-refractivity contribution in [1.82, 2.24) is 9.88 Å². The molecule has 2 rings (SSSR count). The van der Waals surface area contributed by atoms with Crippen LogP contribution in [0.25, 0.3) is 0 Å². The highest BCUT2D eigenvalue weighted by molar-refractivity contribution is 5.45. The van der Waals surface area contributed by atoms with Gasteiger partial charge in [-0.25, -0.2) is 4.98 Å². The molecule has 18 heavy (non-hydrogen) atoms. The summed E-state index contributed by atoms with van der Waals surface area (Å²) in [5.74, 6) is 0. The van der Waals surface area contributed by atoms with Gasteiger partial charge in [0.05, 0.1) is 11.9 Å². The molecule has 0 amide bonds. The molecule has 1 saturated carbocycles. The number of nitrogens with zero attached hydrogens (tertiary/aromatic N) is 4. The lowest BCUT2D eigenvalue weighted by Crippen LogP contribution is -2.56. The van der Waals surface area contributed by atoms with Crippen molar-refractivity contribution in [3.63, 3.8) is 0 Å². The van der Waals surface area contributed by atoms with Gasteiger partial charge in [-0.05, 0) is 45.5 Å². The van der Waals surface area contributed by atoms with Gasteiger partial charge < -0.3 is 9.80 Å². The van der Waals surface area contributed by atoms with Gasteiger partial charge in [-0.3, -0.25) is 0 Å². The molecule has 0 spiro atoms. The molecule has 1 aliphatic rings. The van der Waals surface area contributed by atoms with Gasteiger partial charge in [0, 0.05) is 19.1 Å². The Morgan fingerprint density at radius 2 is 2.06 bits per heavy atom. The Hall–Kier alpha value is -1.60. The van der Waals surface area contributed by atoms with E-state index in [-0.39, 0.29) is 0 Å². The third-order valence-corrected chi connectivity index (χ3v) is 4.07. The van der Waals surface area contributed by atoms with Crippen LogP contribution in [-0.2, 0) is 0 Å². The maximum atomic E-state index is 8.74. The summed E-state index contributed by atoms with van der Waals surface area (Å²) in [7, 11) is 6.40. The van der Waals surface area contributed by atoms with E-state index in [0.29, 0.717) is 11.2 Å². The first-order valence-electron chi connectivity index (χ1n) is 6.32. The van der Waals surface area contributed by atoms with Crippen molar-refractivity contribution >= 4 is 5.69 Å². The maximum absolute atomic E-state index is 8.74. The van der Waals surface area contributed by atoms with Crippen molar-refractivity contribution in [2.75, 3.05) is 32.6 Å². The summed E-state index contributed by atoms with van der Waals surface area (Å²) in [6.45, 7) is 1.01. The van der Waals surface area contributed by atoms with E-state index in [9.17, 15) is 0 Å². The van der Waals surface area contributed by atoms with Crippen LogP contribution in [-0.4, -0.2) is 43.1 Å². The van der Waals surface area contributed by atoms with E-state index < -0.39 is 0 Å². The van der Waals surface area contributed by atoms with Crippen molar-refractivity contribution in [3.8, 4) is 6.07 Å². The summed E-state index contributed by atoms with van der Waals surface area (Å²) in [6, 6.07) is 5.78. The highest BCUT2D eigenvalue weighted by Crippen LogP contribution is 2.37. The Balaban J connectivity index is 2.07. The first kappa shape index (κ1) is 12.8. The molecule has 0 unspecified atom stereocenters. The summed E-state index contributed by atoms with van der Waals surface area (Å²) in [4.78, 5) is 8.69. The highest BCUT2D eigenvalue weighted by atomic mass is 15.2. The van der Waals surface area contributed by atoms with Crippen LogP contribution < -0.4 is 4.90 Å². The van der Waals surface area contributed by atoms with Crippen LogP contribution in [0.3, 0.4) is 0 Å². The number of hydrogen-bond acceptors (Lipinski definition) is 4. The largest absolute Gasteiger partial charge is 0.371 e. The third-order valence-electron chi connectivity index (χ3n) is 4.07. The number of anilines is 1. The Bertz CT molecular complexity index is 440. The topological polar surface area (TPSA) is 43.2 Å². The number of rotatable bonds is 4. The normalized spacial score (nSPS) is 17.1. The van der Waals surface area contributed by atoms with Crippen molar-refractivity contribution in [1.29, 1.82) is 5.26 Å². The van der Waals surface area contributed by atoms with Crippen molar-refractivity contribution in [3.05, 3.63) is 24.0 Å². The molecule has 4 heteroatoms. The zero-order chi connectivity index (χ0) is 13.2. The van der Waals surface area contributed by atoms with Gasteiger partial charge in [-0.2, -0.15) is 5.26 Å². The van der Waals surface area contributed by atoms with Gasteiger partial charge in [-0.1, -0.05) is 0 Å². The van der Waals surface area contributed by atoms with E-state index in [2.05, 4.69) is 35.9 Å². The van der Waals surface area contributed by atoms with Gasteiger partial charge in [0.2, 0.25) is 0 Å². The zero-order valence-corrected chi connectivity index (χ0v) is 11.3. The van der Waals surface area contributed by atoms with Gasteiger partial charge >= 0.3 is 0 Å². The molecule has 1 aliphatic carbocycles. The molecule has 1 heterocycles. The Morgan fingerprint density at radius 1 is 1.33 bits per heavy atom. The van der Waals surface area contributed by atoms with Crippen LogP contribution in [0.4, 0.5) is 5.69 Å². The van der Waals surface area contributed by atoms with Crippen LogP contribution in [0.2, 0.25) is 0 Å². The van der Waals surface area contributed by atoms with E-state index in [0.717, 1.165) is 12.2 Å². The molecule has 1 aromatic heterocycles. The first-order chi connectivity index (χ1) is 8.57. The summed E-state index contributed by atoms with van der Waals surface area (Å²) >= 11 is 0. The fourth-order valence-electron chi connectivity index (χ4n) is 2.54. The molecule has 96 valence electrons. The summed E-state index contributed by atoms with van der Waals surface area (Å²) in [5, 5.41) is 8.74. The lowest BCUT2D eigenvalue weighted by molar-refractivity contribution is 0.0683. The molecule has 0 aromatic carbocycles. The molecule has 0 aliphatic heterocycles. The van der Waals surface area contributed by atoms with Crippen LogP contribution in [0.15, 0.2) is 18.3 Å². The molecular formula is C14H20N4. The summed E-state index contributed by atoms with van der Waals surface area (Å²) < 4.78 is 0. The maximum Gasteiger partial charge on any atom is 0.140 e. The van der Waals surface area contributed by atoms with Crippen LogP contribution in [0.1, 0.15) is 25.0 Å². The quantitative estimate of drug-likeness (QED) is 0.811. The summed E-state index contributed by atoms with van der Waals surface area (Å²) in [6.07, 6.45) is 5.61. The zero-order valence-electron chi connectivity index (χ0n) is 11.3. The Morgan fingerprint density at radius 3 is 2.44 bits per heavy atom. The van der Waals surface area contributed by atoms with Gasteiger partial charge in [0.25, 0.3) is 0 Å². The lowest BCUT2D eigenvalue weighted by atomic mass is 9.75. The number of pyridine rings is 1. The molecule has 4 nitrogen and oxygen atoms in total. The third kappa shape index (κ3) is 2.32. The van der Waals surface area contributed by atoms with E-state index in [1.807, 2.05) is 12.1 Å². The van der Waals surface area contributed by atoms with Crippen molar-refractivity contribution in [2.45, 2.75) is 24.8 Å². The van der Waals surface area contributed by atoms with E-state index in [1.54, 1.807) is 12.3 Å². The fourth-order valence-corrected chi connectivity index (χ4v) is 2.54. The molecule has 0 N–H and O–H groups in total. The molecule has 0 radical (unpaired) electrons. The predicted molar refractivity (Wildman–Crippen MR) is 72.5 cm³/mol. The molecule has 1 aromatic rings. The smallest absolute Gasteiger partial charge is 0.140 e. The minimum absolute atomic E-state index is 0.308. The van der Waals surface area contributed by atoms with Gasteiger partial charge in [0.1, 0.15) is 11.8 Å². The van der Waals surface area contributed by atoms with Crippen LogP contribution in [0, 0.1) is 11.3 Å². The Labute approximate surface area is 109 Å². The SMILES string of the molecule is CN(CC1(N(C)C)CCC1)c1ccc(C#N)nc1. The van der Waals surface area contributed by atoms with Gasteiger partial charge in [-0.15, -0.1) is 0 Å². The van der Waals surface area contributed by atoms with E-state index in [4.69, 9.17) is 5.26 Å². The number of aromatic nitrogens is 1. The lowest BCUT2D eigenvalue weighted by Gasteiger charge is -2.49. The second kappa shape index (κ2) is 4.95. The van der Waals surface area contributed by atoms with Crippen molar-refractivity contribution < 1.29 is 0 Å². The summed E-state index contributed by atoms with van der Waals surface area (Å²) in [5.41, 5.74) is 1.85. The Kier molecular flexibility index (Phi) is 3.53. The fraction of sp³-hybridized carbons (Fsp3) is 0.571. The molecule has 0 atom stereocenters. The van der Waals surface area contributed by atoms with E-state index in [1.165, 1.54) is 19.3 Å². The molecule has 0 bridgehead atoms. The number of hydrogen-bond donors (Lipinski definition) is 0. The average Bonchev–Trinajstić information content (AvgIpc) is 2.33. The average molecular weight is 244 g/mol. The predicted octanol–water partition coefficient (Wildman–Crippen LogP) is 1.87. The van der Waals surface area contributed by atoms with E-state index >= 15 is 0 Å². The molecule has 0 saturated heterocycles. The number of nitriles is 1. The minimum Gasteiger partial charge on any atom is -0.371 e. The first-order valence-corrected chi connectivity index (χ1v) is 6.32. The minimum atomic E-state index is 0.308. The standard InChI is InChI=1S/C14H20N4/c1-17(2)14(7-4-8-14)11-18(3)13-6-5-12(9-15)16-10-13/h5-6,10H,4,7-8,11H2,1-3H3. The number of likely N-dealkylation sites (N-methyl/N-ethyl adjacent to an activating group) is 2. The van der Waals surface area contributed by atoms with Gasteiger partial charge in [0.15, 0.2) is 0 Å². The molecule has 1 fully saturated rings. The van der Waals surface area contributed by atoms with Crippen LogP contribution >= 0.6 is 0 Å². The highest BCUT2D eigenvalue weighted by Gasteiger charge is 2.39. The monoisotopic (exact) mass is 244 g/mol. The van der Waals surface area contributed by atoms with Crippen LogP contribution in [0.5, 0.6) is 0 Å². The molecular weight excluding hydrogens is 224 g/mol. The van der Waals surface area contributed by atoms with Crippen molar-refractivity contribution in [2.24, 2.45) is 0 Å².